The summed E-state index contributed by atoms with van der Waals surface area (Å²) in [4.78, 5) is 21.6. The average molecular weight is 473 g/mol. The first-order valence-electron chi connectivity index (χ1n) is 12.4. The minimum absolute atomic E-state index is 0.591. The summed E-state index contributed by atoms with van der Waals surface area (Å²) in [6.07, 6.45) is 20.4. The minimum atomic E-state index is 0.591. The van der Waals surface area contributed by atoms with E-state index in [0.29, 0.717) is 12.8 Å². The molecule has 0 amide bonds. The lowest BCUT2D eigenvalue weighted by Crippen LogP contribution is -2.20. The van der Waals surface area contributed by atoms with E-state index in [0.717, 1.165) is 32.0 Å². The number of hydrogen-bond acceptors (Lipinski definition) is 4. The molecule has 0 saturated heterocycles. The number of rotatable bonds is 16. The first-order valence-corrected chi connectivity index (χ1v) is 12.4. The molecule has 0 aliphatic heterocycles. The lowest BCUT2D eigenvalue weighted by molar-refractivity contribution is -0.109. The van der Waals surface area contributed by atoms with Crippen LogP contribution in [0.4, 0.5) is 0 Å². The van der Waals surface area contributed by atoms with Crippen molar-refractivity contribution in [3.63, 3.8) is 0 Å². The van der Waals surface area contributed by atoms with Crippen LogP contribution in [0.3, 0.4) is 0 Å². The molecule has 0 radical (unpaired) electrons. The fourth-order valence-corrected chi connectivity index (χ4v) is 2.74. The summed E-state index contributed by atoms with van der Waals surface area (Å²) >= 11 is 0. The van der Waals surface area contributed by atoms with Crippen molar-refractivity contribution in [1.82, 2.24) is 10.2 Å². The number of nitrogens with one attached hydrogen (secondary N) is 1. The van der Waals surface area contributed by atoms with Crippen molar-refractivity contribution in [3.05, 3.63) is 72.0 Å². The molecule has 0 bridgehead atoms. The summed E-state index contributed by atoms with van der Waals surface area (Å²) in [6.45, 7) is 20.2. The average Bonchev–Trinajstić information content (AvgIpc) is 2.80. The lowest BCUT2D eigenvalue weighted by atomic mass is 10.1. The molecule has 4 heteroatoms. The summed E-state index contributed by atoms with van der Waals surface area (Å²) in [7, 11) is 4.11. The predicted molar refractivity (Wildman–Crippen MR) is 152 cm³/mol. The first-order chi connectivity index (χ1) is 16.3. The van der Waals surface area contributed by atoms with Crippen molar-refractivity contribution in [2.75, 3.05) is 27.2 Å². The predicted octanol–water partition coefficient (Wildman–Crippen LogP) is 7.37. The quantitative estimate of drug-likeness (QED) is 0.145. The molecule has 0 heterocycles. The fourth-order valence-electron chi connectivity index (χ4n) is 2.74. The van der Waals surface area contributed by atoms with Crippen LogP contribution in [0.5, 0.6) is 0 Å². The maximum Gasteiger partial charge on any atom is 0.119 e. The summed E-state index contributed by atoms with van der Waals surface area (Å²) in [5.41, 5.74) is 5.16. The van der Waals surface area contributed by atoms with Gasteiger partial charge in [0, 0.05) is 32.1 Å². The molecule has 4 nitrogen and oxygen atoms in total. The topological polar surface area (TPSA) is 49.4 Å². The zero-order chi connectivity index (χ0) is 26.6. The highest BCUT2D eigenvalue weighted by Crippen LogP contribution is 2.15. The molecule has 0 unspecified atom stereocenters. The molecule has 0 fully saturated rings. The Kier molecular flexibility index (Phi) is 30.4. The standard InChI is InChI=1S/C18H27N.C6H15N.C6H10O2/c1-8-10-12-17(15(3)4)14-19(7)18(16(5)6)13-11-9-2;1-3-4-5-6-7-2;7-5-3-1-2-4-6-8/h8-13H,1-2,14H2,3-7H3;7H,3-6H2,1-2H3;5-6H,1-4H2/b12-10-,13-11-;;. The number of aldehydes is 2. The van der Waals surface area contributed by atoms with Gasteiger partial charge in [-0.15, -0.1) is 0 Å². The maximum atomic E-state index is 9.68. The number of likely N-dealkylation sites (N-methyl/N-ethyl adjacent to an activating group) is 1. The smallest absolute Gasteiger partial charge is 0.119 e. The van der Waals surface area contributed by atoms with Gasteiger partial charge in [-0.3, -0.25) is 0 Å². The van der Waals surface area contributed by atoms with Gasteiger partial charge >= 0.3 is 0 Å². The van der Waals surface area contributed by atoms with Gasteiger partial charge in [-0.25, -0.2) is 0 Å². The summed E-state index contributed by atoms with van der Waals surface area (Å²) in [6, 6.07) is 0. The lowest BCUT2D eigenvalue weighted by Gasteiger charge is -2.23. The molecular weight excluding hydrogens is 420 g/mol. The number of allylic oxidation sites excluding steroid dienone is 7. The van der Waals surface area contributed by atoms with Gasteiger partial charge in [0.1, 0.15) is 12.6 Å². The minimum Gasteiger partial charge on any atom is -0.370 e. The molecule has 0 atom stereocenters. The zero-order valence-corrected chi connectivity index (χ0v) is 23.2. The molecule has 1 N–H and O–H groups in total. The van der Waals surface area contributed by atoms with Gasteiger partial charge in [-0.1, -0.05) is 74.4 Å². The van der Waals surface area contributed by atoms with Crippen molar-refractivity contribution in [2.45, 2.75) is 79.6 Å². The Morgan fingerprint density at radius 2 is 1.35 bits per heavy atom. The van der Waals surface area contributed by atoms with Gasteiger partial charge in [0.2, 0.25) is 0 Å². The molecule has 34 heavy (non-hydrogen) atoms. The van der Waals surface area contributed by atoms with Gasteiger partial charge in [-0.05, 0) is 72.2 Å². The third-order valence-corrected chi connectivity index (χ3v) is 4.72. The zero-order valence-electron chi connectivity index (χ0n) is 23.2. The van der Waals surface area contributed by atoms with Crippen LogP contribution < -0.4 is 5.32 Å². The SMILES string of the molecule is C=C/C=C\C(CN(C)C(/C=C\C=C)=C(C)C)=C(C)C.CCCCCNC.O=CCCCCC=O. The van der Waals surface area contributed by atoms with Crippen molar-refractivity contribution < 1.29 is 9.59 Å². The Labute approximate surface area is 211 Å². The number of nitrogens with zero attached hydrogens (tertiary/aromatic N) is 1. The number of carbonyl (C=O) groups excluding carboxylic acids is 2. The molecule has 0 aromatic heterocycles. The van der Waals surface area contributed by atoms with E-state index in [1.165, 1.54) is 48.2 Å². The highest BCUT2D eigenvalue weighted by molar-refractivity contribution is 5.50. The third kappa shape index (κ3) is 25.8. The van der Waals surface area contributed by atoms with E-state index in [2.05, 4.69) is 77.2 Å². The first kappa shape index (κ1) is 36.1. The second kappa shape index (κ2) is 28.6. The molecule has 0 spiro atoms. The highest BCUT2D eigenvalue weighted by atomic mass is 16.1. The summed E-state index contributed by atoms with van der Waals surface area (Å²) < 4.78 is 0. The van der Waals surface area contributed by atoms with Gasteiger partial charge in [0.05, 0.1) is 0 Å². The Morgan fingerprint density at radius 3 is 1.74 bits per heavy atom. The van der Waals surface area contributed by atoms with Crippen LogP contribution in [0.25, 0.3) is 0 Å². The second-order valence-electron chi connectivity index (χ2n) is 8.38. The van der Waals surface area contributed by atoms with Gasteiger partial charge in [0.25, 0.3) is 0 Å². The van der Waals surface area contributed by atoms with Crippen LogP contribution in [-0.4, -0.2) is 44.7 Å². The molecule has 0 aliphatic rings. The number of carbonyl (C=O) groups is 2. The molecule has 194 valence electrons. The number of unbranched alkanes of at least 4 members (excludes halogenated alkanes) is 5. The summed E-state index contributed by atoms with van der Waals surface area (Å²) in [5.74, 6) is 0. The van der Waals surface area contributed by atoms with Crippen LogP contribution in [-0.2, 0) is 9.59 Å². The molecular formula is C30H52N2O2. The van der Waals surface area contributed by atoms with E-state index >= 15 is 0 Å². The molecule has 0 saturated carbocycles. The Hall–Kier alpha value is -2.46. The third-order valence-electron chi connectivity index (χ3n) is 4.72. The van der Waals surface area contributed by atoms with E-state index in [4.69, 9.17) is 0 Å². The molecule has 0 aliphatic carbocycles. The van der Waals surface area contributed by atoms with E-state index in [1.54, 1.807) is 6.08 Å². The molecule has 0 aromatic carbocycles. The Bertz CT molecular complexity index is 633. The van der Waals surface area contributed by atoms with Crippen LogP contribution >= 0.6 is 0 Å². The van der Waals surface area contributed by atoms with Gasteiger partial charge in [-0.2, -0.15) is 0 Å². The molecule has 0 rings (SSSR count). The maximum absolute atomic E-state index is 9.68. The van der Waals surface area contributed by atoms with Crippen molar-refractivity contribution in [1.29, 1.82) is 0 Å². The number of hydrogen-bond donors (Lipinski definition) is 1. The van der Waals surface area contributed by atoms with E-state index in [1.807, 2.05) is 25.3 Å². The largest absolute Gasteiger partial charge is 0.370 e. The van der Waals surface area contributed by atoms with E-state index in [9.17, 15) is 9.59 Å². The van der Waals surface area contributed by atoms with E-state index in [-0.39, 0.29) is 0 Å². The summed E-state index contributed by atoms with van der Waals surface area (Å²) in [5, 5.41) is 3.10. The van der Waals surface area contributed by atoms with Crippen LogP contribution in [0.15, 0.2) is 72.0 Å². The molecule has 0 aromatic rings. The fraction of sp³-hybridized carbons (Fsp3) is 0.533. The highest BCUT2D eigenvalue weighted by Gasteiger charge is 2.05. The van der Waals surface area contributed by atoms with Crippen LogP contribution in [0, 0.1) is 0 Å². The van der Waals surface area contributed by atoms with E-state index < -0.39 is 0 Å². The van der Waals surface area contributed by atoms with Gasteiger partial charge in [0.15, 0.2) is 0 Å². The van der Waals surface area contributed by atoms with Crippen LogP contribution in [0.2, 0.25) is 0 Å². The second-order valence-corrected chi connectivity index (χ2v) is 8.38. The normalized spacial score (nSPS) is 9.85. The van der Waals surface area contributed by atoms with Gasteiger partial charge < -0.3 is 19.8 Å². The van der Waals surface area contributed by atoms with Crippen molar-refractivity contribution in [3.8, 4) is 0 Å². The Morgan fingerprint density at radius 1 is 0.824 bits per heavy atom. The van der Waals surface area contributed by atoms with Crippen molar-refractivity contribution >= 4 is 12.6 Å². The Balaban J connectivity index is -0.000000524. The van der Waals surface area contributed by atoms with Crippen LogP contribution in [0.1, 0.15) is 79.6 Å². The monoisotopic (exact) mass is 472 g/mol. The van der Waals surface area contributed by atoms with Crippen molar-refractivity contribution in [2.24, 2.45) is 0 Å².